The number of aliphatic carboxylic acids is 1. The van der Waals surface area contributed by atoms with E-state index in [1.807, 2.05) is 0 Å². The van der Waals surface area contributed by atoms with E-state index in [4.69, 9.17) is 56.9 Å². The molecule has 0 saturated carbocycles. The molecule has 15 atom stereocenters. The zero-order valence-electron chi connectivity index (χ0n) is 43.7. The second kappa shape index (κ2) is 26.9. The van der Waals surface area contributed by atoms with Crippen LogP contribution in [-0.2, 0) is 52.3 Å². The number of phenolic OH excluding ortho intramolecular Hbond substituents is 5. The molecule has 0 amide bonds. The van der Waals surface area contributed by atoms with Gasteiger partial charge in [-0.2, -0.15) is 0 Å². The van der Waals surface area contributed by atoms with Crippen LogP contribution < -0.4 is 14.2 Å². The lowest BCUT2D eigenvalue weighted by atomic mass is 9.97. The number of aromatic hydroxyl groups is 5. The number of fused-ring (bicyclic) bond motifs is 1. The number of hydrogen-bond donors (Lipinski definition) is 14. The number of methoxy groups -OCH3 is 1. The Hall–Kier alpha value is -8.43. The molecule has 29 heteroatoms. The normalized spacial score (nSPS) is 27.9. The molecule has 5 aromatic rings. The Morgan fingerprint density at radius 1 is 0.560 bits per heavy atom. The first kappa shape index (κ1) is 61.6. The average molecular weight is 1180 g/mol. The SMILES string of the molecule is COc1cc(C=CC(=O)O[C@H]2[C@H](O[C@H]3[C@H](Oc4cc5c(O[C@@H]6O[C@H](COC(=O)CC(=O)O)[C@@H](O)[C@H](O)[C@H]6O)cc(O)cc5[o+]c4-c4ccc(O)c(O)c4)O[C@H](COC(=O)C=Cc4ccc(O)cc4)[C@@H](O)[C@@H]3O)O[C@H](CO)[C@@H](O)[C@@H]2O)ccc1O. The minimum atomic E-state index is -2.22. The Kier molecular flexibility index (Phi) is 19.7. The molecule has 3 saturated heterocycles. The van der Waals surface area contributed by atoms with Gasteiger partial charge in [0.05, 0.1) is 25.3 Å². The Bertz CT molecular complexity index is 3220. The number of benzene rings is 4. The van der Waals surface area contributed by atoms with Gasteiger partial charge in [-0.1, -0.05) is 18.2 Å². The van der Waals surface area contributed by atoms with Gasteiger partial charge in [0.2, 0.25) is 18.3 Å². The fourth-order valence-corrected chi connectivity index (χ4v) is 8.80. The van der Waals surface area contributed by atoms with E-state index >= 15 is 0 Å². The molecule has 4 aromatic carbocycles. The van der Waals surface area contributed by atoms with E-state index in [9.17, 15) is 85.6 Å². The van der Waals surface area contributed by atoms with Gasteiger partial charge in [-0.3, -0.25) is 9.59 Å². The molecule has 0 aliphatic carbocycles. The topological polar surface area (TPSA) is 455 Å². The highest BCUT2D eigenvalue weighted by Crippen LogP contribution is 2.44. The predicted molar refractivity (Wildman–Crippen MR) is 277 cm³/mol. The first-order valence-corrected chi connectivity index (χ1v) is 25.3. The van der Waals surface area contributed by atoms with E-state index in [-0.39, 0.29) is 33.8 Å². The third kappa shape index (κ3) is 14.5. The van der Waals surface area contributed by atoms with Crippen LogP contribution in [0.2, 0.25) is 0 Å². The van der Waals surface area contributed by atoms with Crippen molar-refractivity contribution in [2.75, 3.05) is 26.9 Å². The molecule has 3 aliphatic heterocycles. The summed E-state index contributed by atoms with van der Waals surface area (Å²) in [5, 5.41) is 149. The Labute approximate surface area is 473 Å². The van der Waals surface area contributed by atoms with E-state index in [1.54, 1.807) is 0 Å². The van der Waals surface area contributed by atoms with Crippen LogP contribution in [0, 0.1) is 0 Å². The van der Waals surface area contributed by atoms with Crippen molar-refractivity contribution >= 4 is 47.0 Å². The van der Waals surface area contributed by atoms with Gasteiger partial charge in [0, 0.05) is 30.4 Å². The molecule has 450 valence electrons. The van der Waals surface area contributed by atoms with Crippen LogP contribution >= 0.6 is 0 Å². The van der Waals surface area contributed by atoms with Crippen molar-refractivity contribution in [3.05, 3.63) is 102 Å². The van der Waals surface area contributed by atoms with Crippen molar-refractivity contribution in [1.29, 1.82) is 0 Å². The van der Waals surface area contributed by atoms with Gasteiger partial charge in [0.15, 0.2) is 41.5 Å². The first-order chi connectivity index (χ1) is 40.0. The monoisotopic (exact) mass is 1180 g/mol. The number of aliphatic hydroxyl groups is 8. The molecular weight excluding hydrogens is 1120 g/mol. The quantitative estimate of drug-likeness (QED) is 0.0118. The molecule has 29 nitrogen and oxygen atoms in total. The molecule has 84 heavy (non-hydrogen) atoms. The summed E-state index contributed by atoms with van der Waals surface area (Å²) >= 11 is 0. The number of carbonyl (C=O) groups excluding carboxylic acids is 3. The first-order valence-electron chi connectivity index (χ1n) is 25.3. The Morgan fingerprint density at radius 3 is 1.86 bits per heavy atom. The maximum absolute atomic E-state index is 13.4. The molecule has 0 unspecified atom stereocenters. The van der Waals surface area contributed by atoms with E-state index in [2.05, 4.69) is 0 Å². The number of aliphatic hydroxyl groups excluding tert-OH is 8. The van der Waals surface area contributed by atoms with Gasteiger partial charge in [0.25, 0.3) is 0 Å². The zero-order valence-corrected chi connectivity index (χ0v) is 43.7. The molecule has 8 rings (SSSR count). The fourth-order valence-electron chi connectivity index (χ4n) is 8.80. The third-order valence-corrected chi connectivity index (χ3v) is 13.2. The lowest BCUT2D eigenvalue weighted by Crippen LogP contribution is -2.65. The maximum atomic E-state index is 13.4. The van der Waals surface area contributed by atoms with E-state index < -0.39 is 177 Å². The van der Waals surface area contributed by atoms with Crippen LogP contribution in [0.5, 0.6) is 46.0 Å². The largest absolute Gasteiger partial charge is 0.508 e. The Balaban J connectivity index is 1.17. The van der Waals surface area contributed by atoms with Crippen molar-refractivity contribution in [1.82, 2.24) is 0 Å². The number of phenols is 5. The van der Waals surface area contributed by atoms with Gasteiger partial charge in [-0.25, -0.2) is 14.0 Å². The second-order valence-corrected chi connectivity index (χ2v) is 19.1. The molecule has 0 spiro atoms. The molecule has 4 heterocycles. The summed E-state index contributed by atoms with van der Waals surface area (Å²) in [7, 11) is 1.29. The highest BCUT2D eigenvalue weighted by atomic mass is 16.8. The van der Waals surface area contributed by atoms with Crippen molar-refractivity contribution in [2.24, 2.45) is 0 Å². The van der Waals surface area contributed by atoms with E-state index in [0.29, 0.717) is 11.1 Å². The number of ether oxygens (including phenoxy) is 10. The van der Waals surface area contributed by atoms with Gasteiger partial charge in [-0.05, 0) is 59.7 Å². The van der Waals surface area contributed by atoms with Gasteiger partial charge < -0.3 is 119 Å². The van der Waals surface area contributed by atoms with Crippen LogP contribution in [-0.4, -0.2) is 214 Å². The number of rotatable bonds is 20. The van der Waals surface area contributed by atoms with Gasteiger partial charge in [-0.15, -0.1) is 0 Å². The van der Waals surface area contributed by atoms with Crippen LogP contribution in [0.25, 0.3) is 34.4 Å². The summed E-state index contributed by atoms with van der Waals surface area (Å²) < 4.78 is 63.4. The lowest BCUT2D eigenvalue weighted by Gasteiger charge is -2.46. The van der Waals surface area contributed by atoms with Crippen molar-refractivity contribution in [2.45, 2.75) is 98.5 Å². The van der Waals surface area contributed by atoms with Crippen LogP contribution in [0.1, 0.15) is 17.5 Å². The summed E-state index contributed by atoms with van der Waals surface area (Å²) in [6.45, 7) is -2.66. The van der Waals surface area contributed by atoms with E-state index in [0.717, 1.165) is 42.5 Å². The summed E-state index contributed by atoms with van der Waals surface area (Å²) in [6.07, 6.45) is -26.5. The average Bonchev–Trinajstić information content (AvgIpc) is 2.37. The van der Waals surface area contributed by atoms with Crippen LogP contribution in [0.15, 0.2) is 95.4 Å². The molecule has 3 fully saturated rings. The van der Waals surface area contributed by atoms with Crippen LogP contribution in [0.3, 0.4) is 0 Å². The molecule has 0 bridgehead atoms. The summed E-state index contributed by atoms with van der Waals surface area (Å²) in [5.41, 5.74) is 0.403. The fraction of sp³-hybridized carbons (Fsp3) is 0.364. The van der Waals surface area contributed by atoms with Gasteiger partial charge >= 0.3 is 35.2 Å². The highest BCUT2D eigenvalue weighted by Gasteiger charge is 2.54. The minimum Gasteiger partial charge on any atom is -0.508 e. The molecule has 1 aromatic heterocycles. The summed E-state index contributed by atoms with van der Waals surface area (Å²) in [5.74, 6) is -8.43. The number of hydrogen-bond acceptors (Lipinski definition) is 27. The second-order valence-electron chi connectivity index (χ2n) is 19.1. The molecular formula is C55H57O29+. The number of carbonyl (C=O) groups is 4. The Morgan fingerprint density at radius 2 is 1.17 bits per heavy atom. The maximum Gasteiger partial charge on any atom is 0.402 e. The third-order valence-electron chi connectivity index (χ3n) is 13.2. The number of carboxylic acids is 1. The summed E-state index contributed by atoms with van der Waals surface area (Å²) in [6, 6.07) is 16.2. The highest BCUT2D eigenvalue weighted by molar-refractivity contribution is 5.91. The molecule has 14 N–H and O–H groups in total. The molecule has 0 radical (unpaired) electrons. The zero-order chi connectivity index (χ0) is 60.7. The van der Waals surface area contributed by atoms with E-state index in [1.165, 1.54) is 67.8 Å². The lowest BCUT2D eigenvalue weighted by molar-refractivity contribution is -0.358. The van der Waals surface area contributed by atoms with Crippen molar-refractivity contribution < 1.29 is 142 Å². The van der Waals surface area contributed by atoms with Crippen LogP contribution in [0.4, 0.5) is 0 Å². The van der Waals surface area contributed by atoms with Gasteiger partial charge in [0.1, 0.15) is 103 Å². The molecule has 3 aliphatic rings. The summed E-state index contributed by atoms with van der Waals surface area (Å²) in [4.78, 5) is 49.6. The predicted octanol–water partition coefficient (Wildman–Crippen LogP) is -0.347. The van der Waals surface area contributed by atoms with Crippen molar-refractivity contribution in [3.63, 3.8) is 0 Å². The number of esters is 3. The number of carboxylic acid groups (broad SMARTS) is 1. The minimum absolute atomic E-state index is 0.0474. The standard InChI is InChI=1S/C55H56O29/c1-74-34-14-24(4-10-30(34)60)6-13-41(65)83-51-47(71)43(67)36(20-56)80-55(51)84-52-48(72)45(69)38(21-75-40(64)12-5-23-2-8-26(57)9-3-23)82-54(52)79-35-18-28-32(77-50(35)25-7-11-29(59)31(61)15-25)16-27(58)17-33(28)78-53-49(73)46(70)44(68)37(81-53)22-76-42(66)19-39(62)63/h2-18,36-38,43-49,51-56,67-73H,19-22H2,1H3,(H5-,57,58,59,60,61,62,63,64,65)/p+1/t36-,37-,38-,43-,44-,45-,46+,47+,48+,49-,51-,52-,53-,54-,55+/m1/s1. The smallest absolute Gasteiger partial charge is 0.402 e. The van der Waals surface area contributed by atoms with Crippen molar-refractivity contribution in [3.8, 4) is 57.3 Å².